The van der Waals surface area contributed by atoms with Crippen molar-refractivity contribution in [1.29, 1.82) is 0 Å². The summed E-state index contributed by atoms with van der Waals surface area (Å²) in [4.78, 5) is 28.6. The molecule has 1 amide bonds. The summed E-state index contributed by atoms with van der Waals surface area (Å²) in [6, 6.07) is 10.3. The van der Waals surface area contributed by atoms with Crippen LogP contribution < -0.4 is 10.9 Å². The first kappa shape index (κ1) is 19.8. The second kappa shape index (κ2) is 8.10. The van der Waals surface area contributed by atoms with E-state index in [2.05, 4.69) is 10.3 Å². The third kappa shape index (κ3) is 3.99. The molecule has 8 heteroatoms. The molecule has 1 unspecified atom stereocenters. The number of nitrogens with zero attached hydrogens (tertiary/aromatic N) is 1. The molecule has 2 aromatic carbocycles. The number of hydrogen-bond donors (Lipinski definition) is 2. The Hall–Kier alpha value is -2.48. The fourth-order valence-corrected chi connectivity index (χ4v) is 3.98. The molecule has 1 atom stereocenters. The minimum Gasteiger partial charge on any atom is -0.376 e. The molecule has 1 aliphatic rings. The van der Waals surface area contributed by atoms with Crippen molar-refractivity contribution in [2.45, 2.75) is 25.9 Å². The summed E-state index contributed by atoms with van der Waals surface area (Å²) in [5.74, 6) is -0.215. The van der Waals surface area contributed by atoms with Gasteiger partial charge in [0, 0.05) is 18.7 Å². The van der Waals surface area contributed by atoms with Crippen molar-refractivity contribution in [2.24, 2.45) is 0 Å². The van der Waals surface area contributed by atoms with Gasteiger partial charge in [0.05, 0.1) is 27.7 Å². The molecule has 3 aromatic rings. The predicted octanol–water partition coefficient (Wildman–Crippen LogP) is 3.92. The Bertz CT molecular complexity index is 1210. The van der Waals surface area contributed by atoms with Gasteiger partial charge < -0.3 is 15.0 Å². The van der Waals surface area contributed by atoms with Crippen molar-refractivity contribution in [1.82, 2.24) is 14.9 Å². The lowest BCUT2D eigenvalue weighted by Crippen LogP contribution is -2.31. The molecule has 0 saturated carbocycles. The third-order valence-electron chi connectivity index (χ3n) is 5.02. The molecule has 0 spiro atoms. The molecule has 1 aliphatic heterocycles. The van der Waals surface area contributed by atoms with Gasteiger partial charge >= 0.3 is 0 Å². The minimum absolute atomic E-state index is 0.0662. The number of aromatic amines is 1. The smallest absolute Gasteiger partial charge is 0.266 e. The van der Waals surface area contributed by atoms with Crippen molar-refractivity contribution in [3.63, 3.8) is 0 Å². The highest BCUT2D eigenvalue weighted by molar-refractivity contribution is 7.71. The van der Waals surface area contributed by atoms with Crippen molar-refractivity contribution < 1.29 is 9.53 Å². The summed E-state index contributed by atoms with van der Waals surface area (Å²) in [6.07, 6.45) is 2.03. The number of benzene rings is 2. The van der Waals surface area contributed by atoms with E-state index in [4.69, 9.17) is 28.6 Å². The molecule has 4 rings (SSSR count). The van der Waals surface area contributed by atoms with E-state index in [0.717, 1.165) is 25.0 Å². The number of carbonyl (C=O) groups excluding carboxylic acids is 1. The van der Waals surface area contributed by atoms with Crippen LogP contribution in [0.5, 0.6) is 0 Å². The quantitative estimate of drug-likeness (QED) is 0.616. The van der Waals surface area contributed by atoms with Gasteiger partial charge in [0.15, 0.2) is 4.77 Å². The average molecular weight is 430 g/mol. The van der Waals surface area contributed by atoms with Crippen LogP contribution in [0.1, 0.15) is 28.8 Å². The fourth-order valence-electron chi connectivity index (χ4n) is 3.49. The summed E-state index contributed by atoms with van der Waals surface area (Å²) in [7, 11) is 0. The van der Waals surface area contributed by atoms with Crippen LogP contribution in [-0.2, 0) is 4.74 Å². The highest BCUT2D eigenvalue weighted by Crippen LogP contribution is 2.22. The summed E-state index contributed by atoms with van der Waals surface area (Å²) in [6.45, 7) is 3.13. The van der Waals surface area contributed by atoms with E-state index in [9.17, 15) is 9.59 Å². The van der Waals surface area contributed by atoms with E-state index in [0.29, 0.717) is 33.7 Å². The first-order valence-electron chi connectivity index (χ1n) is 9.39. The van der Waals surface area contributed by atoms with Gasteiger partial charge in [-0.3, -0.25) is 14.2 Å². The average Bonchev–Trinajstić information content (AvgIpc) is 3.22. The number of carbonyl (C=O) groups is 1. The number of nitrogens with one attached hydrogen (secondary N) is 2. The summed E-state index contributed by atoms with van der Waals surface area (Å²) in [5, 5.41) is 3.74. The number of amides is 1. The van der Waals surface area contributed by atoms with Crippen LogP contribution in [0.3, 0.4) is 0 Å². The van der Waals surface area contributed by atoms with Crippen LogP contribution in [0.2, 0.25) is 5.02 Å². The maximum Gasteiger partial charge on any atom is 0.266 e. The van der Waals surface area contributed by atoms with Gasteiger partial charge in [-0.25, -0.2) is 0 Å². The fraction of sp³-hybridized carbons (Fsp3) is 0.286. The zero-order chi connectivity index (χ0) is 20.5. The van der Waals surface area contributed by atoms with Crippen LogP contribution in [-0.4, -0.2) is 34.7 Å². The molecule has 150 valence electrons. The lowest BCUT2D eigenvalue weighted by Gasteiger charge is -2.12. The molecule has 29 heavy (non-hydrogen) atoms. The van der Waals surface area contributed by atoms with Gasteiger partial charge in [-0.2, -0.15) is 0 Å². The van der Waals surface area contributed by atoms with Crippen LogP contribution >= 0.6 is 23.8 Å². The number of aryl methyl sites for hydroxylation is 1. The van der Waals surface area contributed by atoms with Gasteiger partial charge in [0.2, 0.25) is 0 Å². The monoisotopic (exact) mass is 429 g/mol. The molecule has 1 fully saturated rings. The second-order valence-corrected chi connectivity index (χ2v) is 7.92. The highest BCUT2D eigenvalue weighted by Gasteiger charge is 2.17. The maximum absolute atomic E-state index is 13.1. The van der Waals surface area contributed by atoms with Crippen LogP contribution in [0.4, 0.5) is 0 Å². The van der Waals surface area contributed by atoms with Crippen LogP contribution in [0, 0.1) is 11.7 Å². The number of fused-ring (bicyclic) bond motifs is 1. The van der Waals surface area contributed by atoms with E-state index < -0.39 is 0 Å². The Balaban J connectivity index is 1.70. The van der Waals surface area contributed by atoms with Crippen molar-refractivity contribution in [3.05, 3.63) is 67.7 Å². The number of halogens is 1. The first-order chi connectivity index (χ1) is 13.9. The lowest BCUT2D eigenvalue weighted by atomic mass is 10.1. The Morgan fingerprint density at radius 1 is 1.34 bits per heavy atom. The van der Waals surface area contributed by atoms with E-state index in [1.165, 1.54) is 4.57 Å². The van der Waals surface area contributed by atoms with Crippen molar-refractivity contribution >= 4 is 40.6 Å². The molecule has 6 nitrogen and oxygen atoms in total. The van der Waals surface area contributed by atoms with Gasteiger partial charge in [0.25, 0.3) is 11.5 Å². The van der Waals surface area contributed by atoms with Gasteiger partial charge in [-0.1, -0.05) is 17.7 Å². The normalized spacial score (nSPS) is 16.3. The molecular weight excluding hydrogens is 410 g/mol. The SMILES string of the molecule is Cc1ccc(Cl)c(-n2c(=S)[nH]c3cc(C(=O)NCC4CCCO4)ccc3c2=O)c1. The number of ether oxygens (including phenoxy) is 1. The van der Waals surface area contributed by atoms with E-state index in [-0.39, 0.29) is 22.3 Å². The molecule has 2 heterocycles. The molecule has 0 bridgehead atoms. The summed E-state index contributed by atoms with van der Waals surface area (Å²) in [5.41, 5.74) is 2.15. The molecule has 0 aliphatic carbocycles. The maximum atomic E-state index is 13.1. The number of rotatable bonds is 4. The summed E-state index contributed by atoms with van der Waals surface area (Å²) >= 11 is 11.7. The number of aromatic nitrogens is 2. The Morgan fingerprint density at radius 2 is 2.17 bits per heavy atom. The number of H-pyrrole nitrogens is 1. The van der Waals surface area contributed by atoms with E-state index >= 15 is 0 Å². The largest absolute Gasteiger partial charge is 0.376 e. The van der Waals surface area contributed by atoms with Gasteiger partial charge in [-0.05, 0) is 67.9 Å². The second-order valence-electron chi connectivity index (χ2n) is 7.13. The lowest BCUT2D eigenvalue weighted by molar-refractivity contribution is 0.0858. The molecule has 0 radical (unpaired) electrons. The molecule has 1 aromatic heterocycles. The topological polar surface area (TPSA) is 76.1 Å². The highest BCUT2D eigenvalue weighted by atomic mass is 35.5. The van der Waals surface area contributed by atoms with E-state index in [1.54, 1.807) is 24.3 Å². The third-order valence-corrected chi connectivity index (χ3v) is 5.62. The Kier molecular flexibility index (Phi) is 5.54. The zero-order valence-corrected chi connectivity index (χ0v) is 17.4. The Morgan fingerprint density at radius 3 is 2.93 bits per heavy atom. The minimum atomic E-state index is -0.289. The van der Waals surface area contributed by atoms with Crippen LogP contribution in [0.25, 0.3) is 16.6 Å². The molecule has 2 N–H and O–H groups in total. The summed E-state index contributed by atoms with van der Waals surface area (Å²) < 4.78 is 7.12. The van der Waals surface area contributed by atoms with Crippen LogP contribution in [0.15, 0.2) is 41.2 Å². The standard InChI is InChI=1S/C21H20ClN3O3S/c1-12-4-7-16(22)18(9-12)25-20(27)15-6-5-13(10-17(15)24-21(25)29)19(26)23-11-14-3-2-8-28-14/h4-7,9-10,14H,2-3,8,11H2,1H3,(H,23,26)(H,24,29). The van der Waals surface area contributed by atoms with Crippen molar-refractivity contribution in [3.8, 4) is 5.69 Å². The first-order valence-corrected chi connectivity index (χ1v) is 10.2. The van der Waals surface area contributed by atoms with Crippen molar-refractivity contribution in [2.75, 3.05) is 13.2 Å². The van der Waals surface area contributed by atoms with Gasteiger partial charge in [0.1, 0.15) is 0 Å². The van der Waals surface area contributed by atoms with Gasteiger partial charge in [-0.15, -0.1) is 0 Å². The Labute approximate surface area is 177 Å². The van der Waals surface area contributed by atoms with E-state index in [1.807, 2.05) is 19.1 Å². The molecule has 1 saturated heterocycles. The predicted molar refractivity (Wildman–Crippen MR) is 116 cm³/mol. The molecular formula is C21H20ClN3O3S. The zero-order valence-electron chi connectivity index (χ0n) is 15.8. The number of hydrogen-bond acceptors (Lipinski definition) is 4.